The van der Waals surface area contributed by atoms with Crippen molar-refractivity contribution < 1.29 is 19.1 Å². The number of hydrogen-bond acceptors (Lipinski definition) is 6. The molecule has 6 rings (SSSR count). The number of nitrogens with one attached hydrogen (secondary N) is 1. The van der Waals surface area contributed by atoms with E-state index in [-0.39, 0.29) is 11.3 Å². The highest BCUT2D eigenvalue weighted by Gasteiger charge is 2.26. The average Bonchev–Trinajstić information content (AvgIpc) is 3.84. The molecule has 1 atom stereocenters. The first-order chi connectivity index (χ1) is 22.2. The predicted molar refractivity (Wildman–Crippen MR) is 186 cm³/mol. The Bertz CT molecular complexity index is 1740. The van der Waals surface area contributed by atoms with Crippen molar-refractivity contribution in [2.75, 3.05) is 7.11 Å². The maximum Gasteiger partial charge on any atom is 0.328 e. The van der Waals surface area contributed by atoms with Crippen LogP contribution in [0.3, 0.4) is 0 Å². The highest BCUT2D eigenvalue weighted by Crippen LogP contribution is 2.35. The molecule has 2 aromatic carbocycles. The van der Waals surface area contributed by atoms with Gasteiger partial charge in [0, 0.05) is 27.3 Å². The number of hydrogen-bond donors (Lipinski definition) is 1. The summed E-state index contributed by atoms with van der Waals surface area (Å²) in [5.74, 6) is 1.21. The minimum Gasteiger partial charge on any atom is -0.467 e. The number of carbonyl (C=O) groups excluding carboxylic acids is 2. The van der Waals surface area contributed by atoms with Crippen molar-refractivity contribution in [1.29, 1.82) is 0 Å². The largest absolute Gasteiger partial charge is 0.467 e. The van der Waals surface area contributed by atoms with Gasteiger partial charge in [-0.25, -0.2) is 9.78 Å². The van der Waals surface area contributed by atoms with Gasteiger partial charge >= 0.3 is 5.97 Å². The molecule has 6 nitrogen and oxygen atoms in total. The Morgan fingerprint density at radius 2 is 1.74 bits per heavy atom. The number of pyridine rings is 1. The molecule has 0 aliphatic heterocycles. The zero-order valence-corrected chi connectivity index (χ0v) is 28.2. The molecule has 1 fully saturated rings. The fraction of sp³-hybridized carbons (Fsp3) is 0.410. The molecule has 0 bridgehead atoms. The third-order valence-electron chi connectivity index (χ3n) is 9.24. The number of esters is 1. The Hall–Kier alpha value is -3.97. The van der Waals surface area contributed by atoms with Gasteiger partial charge in [0.2, 0.25) is 0 Å². The van der Waals surface area contributed by atoms with Gasteiger partial charge in [-0.2, -0.15) is 0 Å². The van der Waals surface area contributed by atoms with Crippen molar-refractivity contribution >= 4 is 39.6 Å². The van der Waals surface area contributed by atoms with E-state index in [1.54, 1.807) is 11.3 Å². The number of rotatable bonds is 10. The third-order valence-corrected chi connectivity index (χ3v) is 10.4. The SMILES string of the molecule is COC(=O)[C@H](Cc1ccc(C2=CCCC2)s1)NC(=O)c1cc2ccc(Oc3ccc(C(C)(C)C)cc3)cc2c(CC2CCCC2)n1. The summed E-state index contributed by atoms with van der Waals surface area (Å²) in [4.78, 5) is 33.7. The van der Waals surface area contributed by atoms with Gasteiger partial charge in [-0.3, -0.25) is 4.79 Å². The van der Waals surface area contributed by atoms with Crippen molar-refractivity contribution in [3.05, 3.63) is 93.4 Å². The Morgan fingerprint density at radius 1 is 0.978 bits per heavy atom. The number of thiophene rings is 1. The molecule has 2 aliphatic carbocycles. The normalized spacial score (nSPS) is 16.0. The highest BCUT2D eigenvalue weighted by atomic mass is 32.1. The van der Waals surface area contributed by atoms with E-state index in [0.717, 1.165) is 52.1 Å². The van der Waals surface area contributed by atoms with Gasteiger partial charge < -0.3 is 14.8 Å². The Labute approximate surface area is 276 Å². The molecule has 0 saturated heterocycles. The summed E-state index contributed by atoms with van der Waals surface area (Å²) >= 11 is 1.68. The molecule has 1 saturated carbocycles. The molecule has 240 valence electrons. The molecule has 4 aromatic rings. The van der Waals surface area contributed by atoms with Crippen LogP contribution in [-0.4, -0.2) is 30.0 Å². The summed E-state index contributed by atoms with van der Waals surface area (Å²) in [5, 5.41) is 4.86. The van der Waals surface area contributed by atoms with Gasteiger partial charge in [-0.05, 0) is 96.0 Å². The summed E-state index contributed by atoms with van der Waals surface area (Å²) < 4.78 is 11.4. The number of benzene rings is 2. The quantitative estimate of drug-likeness (QED) is 0.176. The first-order valence-corrected chi connectivity index (χ1v) is 17.4. The molecule has 0 unspecified atom stereocenters. The standard InChI is InChI=1S/C39H44N2O4S/c1-39(2,3)28-14-17-29(18-15-28)45-30-16-13-27-22-34(40-33(32(27)23-30)21-25-9-5-6-10-25)37(42)41-35(38(43)44-4)24-31-19-20-36(46-31)26-11-7-8-12-26/h11,13-20,22-23,25,35H,5-10,12,21,24H2,1-4H3,(H,41,42)/t35-/m0/s1. The molecular weight excluding hydrogens is 593 g/mol. The fourth-order valence-corrected chi connectivity index (χ4v) is 7.72. The highest BCUT2D eigenvalue weighted by molar-refractivity contribution is 7.13. The second kappa shape index (κ2) is 13.8. The fourth-order valence-electron chi connectivity index (χ4n) is 6.60. The molecule has 46 heavy (non-hydrogen) atoms. The second-order valence-corrected chi connectivity index (χ2v) is 14.9. The van der Waals surface area contributed by atoms with Crippen LogP contribution in [0.1, 0.15) is 97.2 Å². The lowest BCUT2D eigenvalue weighted by Gasteiger charge is -2.19. The van der Waals surface area contributed by atoms with Gasteiger partial charge in [0.1, 0.15) is 23.2 Å². The van der Waals surface area contributed by atoms with Crippen LogP contribution in [0.15, 0.2) is 66.7 Å². The topological polar surface area (TPSA) is 77.5 Å². The number of methoxy groups -OCH3 is 1. The van der Waals surface area contributed by atoms with E-state index < -0.39 is 12.0 Å². The first-order valence-electron chi connectivity index (χ1n) is 16.5. The predicted octanol–water partition coefficient (Wildman–Crippen LogP) is 9.20. The van der Waals surface area contributed by atoms with Crippen LogP contribution < -0.4 is 10.1 Å². The Kier molecular flexibility index (Phi) is 9.60. The molecule has 2 aromatic heterocycles. The van der Waals surface area contributed by atoms with Crippen LogP contribution in [0.25, 0.3) is 16.3 Å². The van der Waals surface area contributed by atoms with E-state index in [9.17, 15) is 9.59 Å². The molecule has 1 N–H and O–H groups in total. The number of aromatic nitrogens is 1. The first kappa shape index (κ1) is 32.0. The zero-order chi connectivity index (χ0) is 32.3. The van der Waals surface area contributed by atoms with Crippen molar-refractivity contribution in [3.8, 4) is 11.5 Å². The Morgan fingerprint density at radius 3 is 2.43 bits per heavy atom. The van der Waals surface area contributed by atoms with Crippen LogP contribution >= 0.6 is 11.3 Å². The lowest BCUT2D eigenvalue weighted by atomic mass is 9.87. The molecule has 0 spiro atoms. The minimum absolute atomic E-state index is 0.0731. The minimum atomic E-state index is -0.808. The lowest BCUT2D eigenvalue weighted by Crippen LogP contribution is -2.43. The molecule has 2 aliphatic rings. The van der Waals surface area contributed by atoms with Crippen molar-refractivity contribution in [1.82, 2.24) is 10.3 Å². The molecular formula is C39H44N2O4S. The average molecular weight is 637 g/mol. The van der Waals surface area contributed by atoms with E-state index >= 15 is 0 Å². The number of carbonyl (C=O) groups is 2. The molecule has 7 heteroatoms. The van der Waals surface area contributed by atoms with Gasteiger partial charge in [-0.1, -0.05) is 70.7 Å². The van der Waals surface area contributed by atoms with Crippen LogP contribution in [0.4, 0.5) is 0 Å². The summed E-state index contributed by atoms with van der Waals surface area (Å²) in [6.45, 7) is 6.59. The van der Waals surface area contributed by atoms with Gasteiger partial charge in [-0.15, -0.1) is 11.3 Å². The smallest absolute Gasteiger partial charge is 0.328 e. The molecule has 1 amide bonds. The van der Waals surface area contributed by atoms with E-state index in [1.807, 2.05) is 42.5 Å². The summed E-state index contributed by atoms with van der Waals surface area (Å²) in [5.41, 5.74) is 3.90. The molecule has 2 heterocycles. The van der Waals surface area contributed by atoms with Crippen LogP contribution in [0, 0.1) is 5.92 Å². The number of amides is 1. The monoisotopic (exact) mass is 636 g/mol. The number of nitrogens with zero attached hydrogens (tertiary/aromatic N) is 1. The number of fused-ring (bicyclic) bond motifs is 1. The second-order valence-electron chi connectivity index (χ2n) is 13.7. The maximum atomic E-state index is 13.7. The van der Waals surface area contributed by atoms with E-state index in [0.29, 0.717) is 18.0 Å². The number of allylic oxidation sites excluding steroid dienone is 2. The van der Waals surface area contributed by atoms with Crippen LogP contribution in [-0.2, 0) is 27.8 Å². The van der Waals surface area contributed by atoms with E-state index in [1.165, 1.54) is 55.2 Å². The van der Waals surface area contributed by atoms with Crippen LogP contribution in [0.2, 0.25) is 0 Å². The lowest BCUT2D eigenvalue weighted by molar-refractivity contribution is -0.142. The maximum absolute atomic E-state index is 13.7. The summed E-state index contributed by atoms with van der Waals surface area (Å²) in [6, 6.07) is 19.4. The van der Waals surface area contributed by atoms with Crippen LogP contribution in [0.5, 0.6) is 11.5 Å². The van der Waals surface area contributed by atoms with Crippen molar-refractivity contribution in [2.45, 2.75) is 90.0 Å². The van der Waals surface area contributed by atoms with E-state index in [2.05, 4.69) is 50.4 Å². The van der Waals surface area contributed by atoms with Gasteiger partial charge in [0.15, 0.2) is 0 Å². The summed E-state index contributed by atoms with van der Waals surface area (Å²) in [6.07, 6.45) is 11.6. The zero-order valence-electron chi connectivity index (χ0n) is 27.4. The summed E-state index contributed by atoms with van der Waals surface area (Å²) in [7, 11) is 1.36. The van der Waals surface area contributed by atoms with Gasteiger partial charge in [0.25, 0.3) is 5.91 Å². The van der Waals surface area contributed by atoms with Gasteiger partial charge in [0.05, 0.1) is 7.11 Å². The third kappa shape index (κ3) is 7.52. The Balaban J connectivity index is 1.25. The number of ether oxygens (including phenoxy) is 2. The van der Waals surface area contributed by atoms with Crippen molar-refractivity contribution in [3.63, 3.8) is 0 Å². The molecule has 0 radical (unpaired) electrons. The van der Waals surface area contributed by atoms with Crippen molar-refractivity contribution in [2.24, 2.45) is 5.92 Å². The van der Waals surface area contributed by atoms with E-state index in [4.69, 9.17) is 14.5 Å².